The summed E-state index contributed by atoms with van der Waals surface area (Å²) in [4.78, 5) is 69.1. The van der Waals surface area contributed by atoms with Crippen LogP contribution < -0.4 is 39.5 Å². The number of esters is 1. The van der Waals surface area contributed by atoms with Crippen molar-refractivity contribution in [1.29, 1.82) is 0 Å². The van der Waals surface area contributed by atoms with Gasteiger partial charge in [0.05, 0.1) is 45.7 Å². The Morgan fingerprint density at radius 1 is 0.673 bits per heavy atom. The van der Waals surface area contributed by atoms with Crippen LogP contribution in [0.3, 0.4) is 0 Å². The minimum atomic E-state index is -0.691. The Hall–Kier alpha value is -6.57. The van der Waals surface area contributed by atoms with Gasteiger partial charge in [-0.25, -0.2) is 4.79 Å². The highest BCUT2D eigenvalue weighted by atomic mass is 16.5. The molecule has 0 aliphatic heterocycles. The maximum atomic E-state index is 13.8. The van der Waals surface area contributed by atoms with Gasteiger partial charge in [0.25, 0.3) is 5.91 Å². The normalized spacial score (nSPS) is 10.3. The van der Waals surface area contributed by atoms with Crippen molar-refractivity contribution in [3.63, 3.8) is 0 Å². The monoisotopic (exact) mass is 711 g/mol. The summed E-state index contributed by atoms with van der Waals surface area (Å²) >= 11 is 0. The van der Waals surface area contributed by atoms with Crippen LogP contribution in [0.2, 0.25) is 0 Å². The first kappa shape index (κ1) is 38.2. The highest BCUT2D eigenvalue weighted by Gasteiger charge is 2.26. The SMILES string of the molecule is COC(=O)Cc1cccc(NC(=O)NCC(=O)N(CC(=O)N(C)c2ccccc2)c2ccccc2OCC(=O)N(C)c2cc(OC)cc(OC)c2)c1. The van der Waals surface area contributed by atoms with Gasteiger partial charge in [-0.15, -0.1) is 0 Å². The second kappa shape index (κ2) is 18.4. The first-order chi connectivity index (χ1) is 25.0. The number of carbonyl (C=O) groups is 5. The Kier molecular flexibility index (Phi) is 13.6. The molecule has 0 fully saturated rings. The van der Waals surface area contributed by atoms with Gasteiger partial charge in [-0.1, -0.05) is 42.5 Å². The summed E-state index contributed by atoms with van der Waals surface area (Å²) < 4.78 is 21.3. The zero-order valence-corrected chi connectivity index (χ0v) is 29.6. The molecule has 2 N–H and O–H groups in total. The summed E-state index contributed by atoms with van der Waals surface area (Å²) in [6.07, 6.45) is 0.0195. The van der Waals surface area contributed by atoms with Crippen molar-refractivity contribution in [1.82, 2.24) is 5.32 Å². The molecule has 0 aromatic heterocycles. The van der Waals surface area contributed by atoms with Crippen molar-refractivity contribution >= 4 is 52.5 Å². The number of anilines is 4. The molecule has 14 nitrogen and oxygen atoms in total. The Bertz CT molecular complexity index is 1860. The summed E-state index contributed by atoms with van der Waals surface area (Å²) in [5, 5.41) is 5.17. The molecule has 0 spiro atoms. The Balaban J connectivity index is 1.52. The molecule has 0 atom stereocenters. The molecule has 0 saturated heterocycles. The minimum absolute atomic E-state index is 0.0195. The average molecular weight is 712 g/mol. The molecular weight excluding hydrogens is 670 g/mol. The van der Waals surface area contributed by atoms with Gasteiger partial charge >= 0.3 is 12.0 Å². The number of hydrogen-bond donors (Lipinski definition) is 2. The standard InChI is InChI=1S/C38H41N5O9/c1-41(28-14-7-6-8-15-28)35(45)24-43(34(44)23-39-38(48)40-27-13-11-12-26(18-27)19-37(47)51-5)32-16-9-10-17-33(32)52-25-36(46)42(2)29-20-30(49-3)22-31(21-29)50-4/h6-18,20-22H,19,23-25H2,1-5H3,(H2,39,40,48). The number of hydrogen-bond acceptors (Lipinski definition) is 9. The van der Waals surface area contributed by atoms with E-state index >= 15 is 0 Å². The van der Waals surface area contributed by atoms with Crippen molar-refractivity contribution in [2.24, 2.45) is 0 Å². The highest BCUT2D eigenvalue weighted by molar-refractivity contribution is 6.06. The number of nitrogens with zero attached hydrogens (tertiary/aromatic N) is 3. The van der Waals surface area contributed by atoms with Gasteiger partial charge in [0.15, 0.2) is 6.61 Å². The zero-order chi connectivity index (χ0) is 37.6. The topological polar surface area (TPSA) is 156 Å². The fraction of sp³-hybridized carbons (Fsp3) is 0.237. The van der Waals surface area contributed by atoms with Crippen molar-refractivity contribution in [3.8, 4) is 17.2 Å². The molecule has 14 heteroatoms. The second-order valence-electron chi connectivity index (χ2n) is 11.3. The van der Waals surface area contributed by atoms with E-state index in [1.807, 2.05) is 6.07 Å². The van der Waals surface area contributed by atoms with Crippen LogP contribution >= 0.6 is 0 Å². The lowest BCUT2D eigenvalue weighted by molar-refractivity contribution is -0.139. The number of carbonyl (C=O) groups excluding carboxylic acids is 5. The maximum Gasteiger partial charge on any atom is 0.319 e. The number of nitrogens with one attached hydrogen (secondary N) is 2. The van der Waals surface area contributed by atoms with E-state index in [1.165, 1.54) is 36.0 Å². The van der Waals surface area contributed by atoms with Crippen LogP contribution in [0.25, 0.3) is 0 Å². The van der Waals surface area contributed by atoms with E-state index in [0.29, 0.717) is 34.1 Å². The summed E-state index contributed by atoms with van der Waals surface area (Å²) in [7, 11) is 7.46. The summed E-state index contributed by atoms with van der Waals surface area (Å²) in [6.45, 7) is -1.33. The molecule has 272 valence electrons. The smallest absolute Gasteiger partial charge is 0.319 e. The summed E-state index contributed by atoms with van der Waals surface area (Å²) in [5.74, 6) is -0.767. The van der Waals surface area contributed by atoms with Crippen LogP contribution in [0.5, 0.6) is 17.2 Å². The van der Waals surface area contributed by atoms with Crippen LogP contribution in [-0.2, 0) is 30.3 Å². The highest BCUT2D eigenvalue weighted by Crippen LogP contribution is 2.30. The second-order valence-corrected chi connectivity index (χ2v) is 11.3. The van der Waals surface area contributed by atoms with E-state index in [-0.39, 0.29) is 17.9 Å². The molecule has 4 aromatic carbocycles. The molecule has 0 aliphatic carbocycles. The number of benzene rings is 4. The van der Waals surface area contributed by atoms with Gasteiger partial charge in [-0.2, -0.15) is 0 Å². The zero-order valence-electron chi connectivity index (χ0n) is 29.6. The van der Waals surface area contributed by atoms with Crippen molar-refractivity contribution in [2.75, 3.05) is 75.1 Å². The van der Waals surface area contributed by atoms with Crippen LogP contribution in [0, 0.1) is 0 Å². The average Bonchev–Trinajstić information content (AvgIpc) is 3.17. The summed E-state index contributed by atoms with van der Waals surface area (Å²) in [5.41, 5.74) is 2.34. The fourth-order valence-corrected chi connectivity index (χ4v) is 4.94. The van der Waals surface area contributed by atoms with Crippen LogP contribution in [0.1, 0.15) is 5.56 Å². The third kappa shape index (κ3) is 10.5. The van der Waals surface area contributed by atoms with Gasteiger partial charge in [0.2, 0.25) is 11.8 Å². The first-order valence-electron chi connectivity index (χ1n) is 16.1. The van der Waals surface area contributed by atoms with Crippen LogP contribution in [0.4, 0.5) is 27.5 Å². The van der Waals surface area contributed by atoms with E-state index in [1.54, 1.807) is 105 Å². The predicted octanol–water partition coefficient (Wildman–Crippen LogP) is 4.28. The van der Waals surface area contributed by atoms with Crippen molar-refractivity contribution in [3.05, 3.63) is 103 Å². The van der Waals surface area contributed by atoms with Crippen LogP contribution in [0.15, 0.2) is 97.1 Å². The van der Waals surface area contributed by atoms with Gasteiger partial charge in [0, 0.05) is 43.7 Å². The van der Waals surface area contributed by atoms with E-state index < -0.39 is 49.4 Å². The number of methoxy groups -OCH3 is 3. The molecule has 4 aromatic rings. The Morgan fingerprint density at radius 3 is 2.00 bits per heavy atom. The number of amides is 5. The number of para-hydroxylation sites is 3. The van der Waals surface area contributed by atoms with Crippen molar-refractivity contribution in [2.45, 2.75) is 6.42 Å². The van der Waals surface area contributed by atoms with Crippen LogP contribution in [-0.4, -0.2) is 84.8 Å². The maximum absolute atomic E-state index is 13.8. The largest absolute Gasteiger partial charge is 0.497 e. The molecule has 0 aliphatic rings. The van der Waals surface area contributed by atoms with Gasteiger partial charge in [0.1, 0.15) is 23.8 Å². The lowest BCUT2D eigenvalue weighted by Gasteiger charge is -2.27. The summed E-state index contributed by atoms with van der Waals surface area (Å²) in [6, 6.07) is 26.3. The van der Waals surface area contributed by atoms with Gasteiger partial charge in [-0.05, 0) is 42.0 Å². The molecular formula is C38H41N5O9. The Labute approximate surface area is 301 Å². The fourth-order valence-electron chi connectivity index (χ4n) is 4.94. The van der Waals surface area contributed by atoms with E-state index in [4.69, 9.17) is 18.9 Å². The lowest BCUT2D eigenvalue weighted by Crippen LogP contribution is -2.46. The quantitative estimate of drug-likeness (QED) is 0.172. The van der Waals surface area contributed by atoms with E-state index in [0.717, 1.165) is 0 Å². The predicted molar refractivity (Wildman–Crippen MR) is 196 cm³/mol. The van der Waals surface area contributed by atoms with E-state index in [2.05, 4.69) is 10.6 Å². The molecule has 0 heterocycles. The van der Waals surface area contributed by atoms with Gasteiger partial charge in [-0.3, -0.25) is 24.1 Å². The van der Waals surface area contributed by atoms with E-state index in [9.17, 15) is 24.0 Å². The minimum Gasteiger partial charge on any atom is -0.497 e. The number of urea groups is 1. The molecule has 52 heavy (non-hydrogen) atoms. The molecule has 0 bridgehead atoms. The number of likely N-dealkylation sites (N-methyl/N-ethyl adjacent to an activating group) is 2. The third-order valence-electron chi connectivity index (χ3n) is 7.88. The molecule has 0 saturated carbocycles. The van der Waals surface area contributed by atoms with Gasteiger partial charge < -0.3 is 39.4 Å². The number of rotatable bonds is 15. The first-order valence-corrected chi connectivity index (χ1v) is 16.1. The lowest BCUT2D eigenvalue weighted by atomic mass is 10.1. The van der Waals surface area contributed by atoms with Crippen molar-refractivity contribution < 1.29 is 42.9 Å². The third-order valence-corrected chi connectivity index (χ3v) is 7.88. The molecule has 0 unspecified atom stereocenters. The molecule has 0 radical (unpaired) electrons. The molecule has 5 amide bonds. The Morgan fingerprint density at radius 2 is 1.33 bits per heavy atom. The number of ether oxygens (including phenoxy) is 4. The molecule has 4 rings (SSSR count).